The second-order valence-electron chi connectivity index (χ2n) is 4.11. The van der Waals surface area contributed by atoms with Gasteiger partial charge in [-0.2, -0.15) is 5.26 Å². The summed E-state index contributed by atoms with van der Waals surface area (Å²) in [6, 6.07) is 11.3. The zero-order valence-electron chi connectivity index (χ0n) is 11.0. The van der Waals surface area contributed by atoms with Gasteiger partial charge in [0.25, 0.3) is 5.91 Å². The fraction of sp³-hybridized carbons (Fsp3) is 0.0667. The molecule has 0 saturated heterocycles. The van der Waals surface area contributed by atoms with Crippen LogP contribution < -0.4 is 10.1 Å². The number of halogens is 2. The van der Waals surface area contributed by atoms with Crippen LogP contribution in [-0.4, -0.2) is 13.0 Å². The van der Waals surface area contributed by atoms with Crippen molar-refractivity contribution in [3.8, 4) is 11.8 Å². The summed E-state index contributed by atoms with van der Waals surface area (Å²) in [5.74, 6) is -0.0317. The summed E-state index contributed by atoms with van der Waals surface area (Å²) in [7, 11) is 1.46. The molecule has 0 aliphatic rings. The number of nitrogens with one attached hydrogen (secondary N) is 1. The highest BCUT2D eigenvalue weighted by Gasteiger charge is 2.14. The molecule has 0 radical (unpaired) electrons. The van der Waals surface area contributed by atoms with E-state index in [1.807, 2.05) is 6.07 Å². The normalized spacial score (nSPS) is 9.81. The highest BCUT2D eigenvalue weighted by atomic mass is 35.5. The Bertz CT molecular complexity index is 739. The molecule has 1 N–H and O–H groups in total. The predicted octanol–water partition coefficient (Wildman–Crippen LogP) is 4.13. The maximum Gasteiger partial charge on any atom is 0.259 e. The van der Waals surface area contributed by atoms with Crippen molar-refractivity contribution in [3.05, 3.63) is 57.6 Å². The molecule has 2 aromatic carbocycles. The zero-order chi connectivity index (χ0) is 15.4. The van der Waals surface area contributed by atoms with Gasteiger partial charge >= 0.3 is 0 Å². The Labute approximate surface area is 131 Å². The maximum absolute atomic E-state index is 12.3. The molecule has 0 heterocycles. The lowest BCUT2D eigenvalue weighted by atomic mass is 10.1. The number of benzene rings is 2. The summed E-state index contributed by atoms with van der Waals surface area (Å²) < 4.78 is 5.13. The zero-order valence-corrected chi connectivity index (χ0v) is 12.5. The highest BCUT2D eigenvalue weighted by Crippen LogP contribution is 2.27. The molecule has 0 spiro atoms. The number of hydrogen-bond acceptors (Lipinski definition) is 3. The third-order valence-corrected chi connectivity index (χ3v) is 3.31. The quantitative estimate of drug-likeness (QED) is 0.925. The largest absolute Gasteiger partial charge is 0.496 e. The minimum Gasteiger partial charge on any atom is -0.496 e. The molecule has 106 valence electrons. The molecule has 0 unspecified atom stereocenters. The first kappa shape index (κ1) is 15.2. The summed E-state index contributed by atoms with van der Waals surface area (Å²) in [6.45, 7) is 0. The Balaban J connectivity index is 2.35. The molecule has 0 aliphatic heterocycles. The molecule has 2 rings (SSSR count). The number of methoxy groups -OCH3 is 1. The van der Waals surface area contributed by atoms with E-state index < -0.39 is 5.91 Å². The molecular weight excluding hydrogens is 311 g/mol. The van der Waals surface area contributed by atoms with E-state index in [4.69, 9.17) is 33.2 Å². The second kappa shape index (κ2) is 6.49. The van der Waals surface area contributed by atoms with Gasteiger partial charge in [-0.3, -0.25) is 4.79 Å². The number of anilines is 1. The molecule has 0 aliphatic carbocycles. The van der Waals surface area contributed by atoms with Crippen molar-refractivity contribution >= 4 is 34.8 Å². The van der Waals surface area contributed by atoms with Gasteiger partial charge < -0.3 is 10.1 Å². The smallest absolute Gasteiger partial charge is 0.259 e. The first-order valence-corrected chi connectivity index (χ1v) is 6.65. The van der Waals surface area contributed by atoms with Crippen LogP contribution in [0.25, 0.3) is 0 Å². The van der Waals surface area contributed by atoms with Gasteiger partial charge in [0.1, 0.15) is 5.75 Å². The van der Waals surface area contributed by atoms with E-state index in [2.05, 4.69) is 5.32 Å². The number of ether oxygens (including phenoxy) is 1. The minimum atomic E-state index is -0.425. The van der Waals surface area contributed by atoms with Gasteiger partial charge in [0, 0.05) is 5.02 Å². The fourth-order valence-corrected chi connectivity index (χ4v) is 2.07. The van der Waals surface area contributed by atoms with Crippen LogP contribution in [-0.2, 0) is 0 Å². The monoisotopic (exact) mass is 320 g/mol. The molecule has 0 aromatic heterocycles. The van der Waals surface area contributed by atoms with Crippen molar-refractivity contribution in [1.82, 2.24) is 0 Å². The highest BCUT2D eigenvalue weighted by molar-refractivity contribution is 6.34. The number of carbonyl (C=O) groups excluding carboxylic acids is 1. The van der Waals surface area contributed by atoms with E-state index in [-0.39, 0.29) is 5.56 Å². The van der Waals surface area contributed by atoms with E-state index in [1.165, 1.54) is 19.2 Å². The number of nitriles is 1. The molecule has 21 heavy (non-hydrogen) atoms. The van der Waals surface area contributed by atoms with Crippen molar-refractivity contribution in [2.75, 3.05) is 12.4 Å². The van der Waals surface area contributed by atoms with Gasteiger partial charge in [0.15, 0.2) is 0 Å². The summed E-state index contributed by atoms with van der Waals surface area (Å²) in [5, 5.41) is 12.3. The Morgan fingerprint density at radius 3 is 2.67 bits per heavy atom. The fourth-order valence-electron chi connectivity index (χ4n) is 1.74. The lowest BCUT2D eigenvalue weighted by Crippen LogP contribution is -2.13. The van der Waals surface area contributed by atoms with Gasteiger partial charge in [-0.1, -0.05) is 23.2 Å². The second-order valence-corrected chi connectivity index (χ2v) is 4.95. The predicted molar refractivity (Wildman–Crippen MR) is 82.1 cm³/mol. The number of hydrogen-bond donors (Lipinski definition) is 1. The molecule has 2 aromatic rings. The molecule has 6 heteroatoms. The number of rotatable bonds is 3. The molecule has 1 amide bonds. The first-order valence-electron chi connectivity index (χ1n) is 5.89. The van der Waals surface area contributed by atoms with Gasteiger partial charge in [-0.15, -0.1) is 0 Å². The SMILES string of the molecule is COc1ccc(Cl)cc1C(=O)Nc1cc(C#N)ccc1Cl. The lowest BCUT2D eigenvalue weighted by molar-refractivity contribution is 0.102. The van der Waals surface area contributed by atoms with E-state index in [0.717, 1.165) is 0 Å². The van der Waals surface area contributed by atoms with Gasteiger partial charge in [0.05, 0.1) is 35.0 Å². The van der Waals surface area contributed by atoms with Crippen LogP contribution in [0.3, 0.4) is 0 Å². The average molecular weight is 321 g/mol. The van der Waals surface area contributed by atoms with Crippen LogP contribution in [0.15, 0.2) is 36.4 Å². The van der Waals surface area contributed by atoms with E-state index in [9.17, 15) is 4.79 Å². The first-order chi connectivity index (χ1) is 10.0. The Morgan fingerprint density at radius 1 is 1.24 bits per heavy atom. The number of nitrogens with zero attached hydrogens (tertiary/aromatic N) is 1. The average Bonchev–Trinajstić information content (AvgIpc) is 2.49. The summed E-state index contributed by atoms with van der Waals surface area (Å²) in [6.07, 6.45) is 0. The minimum absolute atomic E-state index is 0.281. The molecular formula is C15H10Cl2N2O2. The molecule has 4 nitrogen and oxygen atoms in total. The number of amides is 1. The van der Waals surface area contributed by atoms with Crippen molar-refractivity contribution in [2.24, 2.45) is 0 Å². The van der Waals surface area contributed by atoms with Crippen molar-refractivity contribution in [2.45, 2.75) is 0 Å². The van der Waals surface area contributed by atoms with Crippen LogP contribution >= 0.6 is 23.2 Å². The van der Waals surface area contributed by atoms with Crippen LogP contribution in [0.5, 0.6) is 5.75 Å². The van der Waals surface area contributed by atoms with E-state index >= 15 is 0 Å². The van der Waals surface area contributed by atoms with Crippen LogP contribution in [0.1, 0.15) is 15.9 Å². The van der Waals surface area contributed by atoms with E-state index in [1.54, 1.807) is 24.3 Å². The van der Waals surface area contributed by atoms with Crippen molar-refractivity contribution < 1.29 is 9.53 Å². The van der Waals surface area contributed by atoms with E-state index in [0.29, 0.717) is 27.0 Å². The third kappa shape index (κ3) is 3.46. The molecule has 0 bridgehead atoms. The standard InChI is InChI=1S/C15H10Cl2N2O2/c1-21-14-5-3-10(16)7-11(14)15(20)19-13-6-9(8-18)2-4-12(13)17/h2-7H,1H3,(H,19,20). The van der Waals surface area contributed by atoms with Gasteiger partial charge in [-0.05, 0) is 36.4 Å². The summed E-state index contributed by atoms with van der Waals surface area (Å²) in [4.78, 5) is 12.3. The third-order valence-electron chi connectivity index (χ3n) is 2.75. The lowest BCUT2D eigenvalue weighted by Gasteiger charge is -2.11. The Kier molecular flexibility index (Phi) is 4.69. The molecule has 0 fully saturated rings. The Hall–Kier alpha value is -2.22. The topological polar surface area (TPSA) is 62.1 Å². The maximum atomic E-state index is 12.3. The number of carbonyl (C=O) groups is 1. The summed E-state index contributed by atoms with van der Waals surface area (Å²) in [5.41, 5.74) is 1.03. The summed E-state index contributed by atoms with van der Waals surface area (Å²) >= 11 is 11.9. The van der Waals surface area contributed by atoms with Crippen LogP contribution in [0, 0.1) is 11.3 Å². The molecule has 0 atom stereocenters. The Morgan fingerprint density at radius 2 is 2.00 bits per heavy atom. The van der Waals surface area contributed by atoms with Crippen molar-refractivity contribution in [1.29, 1.82) is 5.26 Å². The van der Waals surface area contributed by atoms with Gasteiger partial charge in [0.2, 0.25) is 0 Å². The van der Waals surface area contributed by atoms with Crippen LogP contribution in [0.2, 0.25) is 10.0 Å². The van der Waals surface area contributed by atoms with Crippen LogP contribution in [0.4, 0.5) is 5.69 Å². The van der Waals surface area contributed by atoms with Gasteiger partial charge in [-0.25, -0.2) is 0 Å². The molecule has 0 saturated carbocycles. The van der Waals surface area contributed by atoms with Crippen molar-refractivity contribution in [3.63, 3.8) is 0 Å².